The number of hydrogen-bond acceptors (Lipinski definition) is 4. The molecule has 3 rings (SSSR count). The molecule has 0 aliphatic rings. The number of halogens is 1. The van der Waals surface area contributed by atoms with Gasteiger partial charge in [-0.3, -0.25) is 4.21 Å². The third-order valence-corrected chi connectivity index (χ3v) is 7.74. The largest absolute Gasteiger partial charge is 0.259 e. The summed E-state index contributed by atoms with van der Waals surface area (Å²) in [7, 11) is -0.929. The molecule has 1 unspecified atom stereocenters. The van der Waals surface area contributed by atoms with E-state index in [-0.39, 0.29) is 0 Å². The van der Waals surface area contributed by atoms with E-state index < -0.39 is 10.8 Å². The van der Waals surface area contributed by atoms with Crippen LogP contribution in [0, 0.1) is 11.3 Å². The van der Waals surface area contributed by atoms with Gasteiger partial charge in [-0.1, -0.05) is 83.5 Å². The van der Waals surface area contributed by atoms with E-state index in [0.29, 0.717) is 21.4 Å². The van der Waals surface area contributed by atoms with Crippen LogP contribution >= 0.6 is 27.7 Å². The van der Waals surface area contributed by atoms with Gasteiger partial charge in [0.1, 0.15) is 11.1 Å². The average molecular weight is 485 g/mol. The van der Waals surface area contributed by atoms with Crippen molar-refractivity contribution in [1.29, 1.82) is 5.26 Å². The third kappa shape index (κ3) is 5.79. The number of aromatic nitrogens is 1. The summed E-state index contributed by atoms with van der Waals surface area (Å²) in [6.45, 7) is 2.09. The number of thioether (sulfide) groups is 1. The van der Waals surface area contributed by atoms with E-state index in [1.54, 1.807) is 0 Å². The Balaban J connectivity index is 2.05. The topological polar surface area (TPSA) is 53.8 Å². The first-order valence-corrected chi connectivity index (χ1v) is 12.6. The highest BCUT2D eigenvalue weighted by Crippen LogP contribution is 2.34. The Kier molecular flexibility index (Phi) is 8.05. The normalized spacial score (nSPS) is 11.8. The van der Waals surface area contributed by atoms with Crippen LogP contribution in [0.2, 0.25) is 0 Å². The van der Waals surface area contributed by atoms with Crippen molar-refractivity contribution in [1.82, 2.24) is 4.98 Å². The molecule has 0 fully saturated rings. The number of pyridine rings is 1. The minimum Gasteiger partial charge on any atom is -0.259 e. The summed E-state index contributed by atoms with van der Waals surface area (Å²) in [5.74, 6) is 0.684. The van der Waals surface area contributed by atoms with E-state index in [9.17, 15) is 9.47 Å². The highest BCUT2D eigenvalue weighted by Gasteiger charge is 2.16. The second-order valence-corrected chi connectivity index (χ2v) is 10.3. The summed E-state index contributed by atoms with van der Waals surface area (Å²) in [6, 6.07) is 22.1. The molecule has 3 aromatic rings. The summed E-state index contributed by atoms with van der Waals surface area (Å²) >= 11 is 4.87. The first kappa shape index (κ1) is 21.8. The van der Waals surface area contributed by atoms with E-state index in [2.05, 4.69) is 28.9 Å². The molecular weight excluding hydrogens is 464 g/mol. The van der Waals surface area contributed by atoms with Crippen LogP contribution in [0.5, 0.6) is 0 Å². The number of hydrogen-bond donors (Lipinski definition) is 0. The molecule has 0 N–H and O–H groups in total. The van der Waals surface area contributed by atoms with Crippen molar-refractivity contribution in [2.75, 3.05) is 10.8 Å². The lowest BCUT2D eigenvalue weighted by molar-refractivity contribution is 0.682. The molecule has 0 amide bonds. The minimum absolute atomic E-state index is 0.444. The van der Waals surface area contributed by atoms with Crippen LogP contribution in [-0.2, 0) is 10.8 Å². The van der Waals surface area contributed by atoms with E-state index in [4.69, 9.17) is 4.98 Å². The van der Waals surface area contributed by atoms with E-state index in [1.807, 2.05) is 60.7 Å². The molecule has 3 nitrogen and oxygen atoms in total. The third-order valence-electron chi connectivity index (χ3n) is 4.38. The van der Waals surface area contributed by atoms with Crippen LogP contribution in [0.3, 0.4) is 0 Å². The molecule has 0 saturated heterocycles. The summed E-state index contributed by atoms with van der Waals surface area (Å²) in [4.78, 5) is 4.77. The fourth-order valence-corrected chi connectivity index (χ4v) is 5.62. The number of unbranched alkanes of at least 4 members (excludes halogenated alkanes) is 1. The monoisotopic (exact) mass is 484 g/mol. The van der Waals surface area contributed by atoms with Crippen molar-refractivity contribution in [3.8, 4) is 28.5 Å². The lowest BCUT2D eigenvalue weighted by Gasteiger charge is -2.12. The second-order valence-electron chi connectivity index (χ2n) is 6.48. The fraction of sp³-hybridized carbons (Fsp3) is 0.217. The van der Waals surface area contributed by atoms with Gasteiger partial charge in [0.05, 0.1) is 16.3 Å². The molecule has 148 valence electrons. The molecule has 1 atom stereocenters. The van der Waals surface area contributed by atoms with Gasteiger partial charge in [-0.2, -0.15) is 5.26 Å². The standard InChI is InChI=1S/C23H21BrN2OS2/c1-2-3-13-29(27)16-28-23-21(15-25)20(17-7-5-4-6-8-17)14-22(26-23)18-9-11-19(24)12-10-18/h4-12,14H,2-3,13,16H2,1H3. The first-order valence-electron chi connectivity index (χ1n) is 9.36. The molecule has 0 radical (unpaired) electrons. The molecule has 6 heteroatoms. The summed E-state index contributed by atoms with van der Waals surface area (Å²) in [5.41, 5.74) is 4.14. The molecule has 2 aromatic carbocycles. The predicted molar refractivity (Wildman–Crippen MR) is 126 cm³/mol. The van der Waals surface area contributed by atoms with Crippen LogP contribution in [-0.4, -0.2) is 20.0 Å². The maximum atomic E-state index is 12.3. The Labute approximate surface area is 187 Å². The van der Waals surface area contributed by atoms with Crippen molar-refractivity contribution in [2.45, 2.75) is 24.8 Å². The van der Waals surface area contributed by atoms with Crippen molar-refractivity contribution in [3.05, 3.63) is 70.7 Å². The molecule has 0 bridgehead atoms. The number of rotatable bonds is 8. The number of nitrogens with zero attached hydrogens (tertiary/aromatic N) is 2. The summed E-state index contributed by atoms with van der Waals surface area (Å²) in [5, 5.41) is 11.0. The Morgan fingerprint density at radius 1 is 1.10 bits per heavy atom. The lowest BCUT2D eigenvalue weighted by atomic mass is 9.99. The maximum Gasteiger partial charge on any atom is 0.116 e. The summed E-state index contributed by atoms with van der Waals surface area (Å²) in [6.07, 6.45) is 1.97. The molecule has 1 heterocycles. The minimum atomic E-state index is -0.929. The van der Waals surface area contributed by atoms with Crippen molar-refractivity contribution < 1.29 is 4.21 Å². The van der Waals surface area contributed by atoms with Gasteiger partial charge in [-0.25, -0.2) is 4.98 Å². The maximum absolute atomic E-state index is 12.3. The van der Waals surface area contributed by atoms with Gasteiger partial charge in [-0.15, -0.1) is 0 Å². The van der Waals surface area contributed by atoms with Crippen LogP contribution in [0.25, 0.3) is 22.4 Å². The fourth-order valence-electron chi connectivity index (χ4n) is 2.83. The Hall–Kier alpha value is -1.94. The van der Waals surface area contributed by atoms with Gasteiger partial charge in [0.2, 0.25) is 0 Å². The molecular formula is C23H21BrN2OS2. The Morgan fingerprint density at radius 3 is 2.48 bits per heavy atom. The van der Waals surface area contributed by atoms with Gasteiger partial charge in [-0.05, 0) is 30.2 Å². The SMILES string of the molecule is CCCCS(=O)CSc1nc(-c2ccc(Br)cc2)cc(-c2ccccc2)c1C#N. The zero-order chi connectivity index (χ0) is 20.6. The predicted octanol–water partition coefficient (Wildman–Crippen LogP) is 6.65. The molecule has 0 aliphatic heterocycles. The number of benzene rings is 2. The van der Waals surface area contributed by atoms with Crippen LogP contribution in [0.1, 0.15) is 25.3 Å². The first-order chi connectivity index (χ1) is 14.1. The van der Waals surface area contributed by atoms with E-state index >= 15 is 0 Å². The van der Waals surface area contributed by atoms with Gasteiger partial charge in [0, 0.05) is 32.2 Å². The van der Waals surface area contributed by atoms with Crippen molar-refractivity contribution in [3.63, 3.8) is 0 Å². The van der Waals surface area contributed by atoms with Crippen molar-refractivity contribution in [2.24, 2.45) is 0 Å². The molecule has 1 aromatic heterocycles. The average Bonchev–Trinajstić information content (AvgIpc) is 2.76. The second kappa shape index (κ2) is 10.7. The Bertz CT molecular complexity index is 1030. The quantitative estimate of drug-likeness (QED) is 0.335. The van der Waals surface area contributed by atoms with Crippen LogP contribution in [0.4, 0.5) is 0 Å². The van der Waals surface area contributed by atoms with Crippen molar-refractivity contribution >= 4 is 38.5 Å². The molecule has 0 saturated carbocycles. The van der Waals surface area contributed by atoms with Crippen LogP contribution in [0.15, 0.2) is 70.2 Å². The highest BCUT2D eigenvalue weighted by atomic mass is 79.9. The van der Waals surface area contributed by atoms with E-state index in [1.165, 1.54) is 11.8 Å². The highest BCUT2D eigenvalue weighted by molar-refractivity contribution is 9.10. The summed E-state index contributed by atoms with van der Waals surface area (Å²) < 4.78 is 13.3. The smallest absolute Gasteiger partial charge is 0.116 e. The Morgan fingerprint density at radius 2 is 1.83 bits per heavy atom. The van der Waals surface area contributed by atoms with Gasteiger partial charge in [0.15, 0.2) is 0 Å². The van der Waals surface area contributed by atoms with Crippen LogP contribution < -0.4 is 0 Å². The molecule has 29 heavy (non-hydrogen) atoms. The molecule has 0 spiro atoms. The lowest BCUT2D eigenvalue weighted by Crippen LogP contribution is -2.02. The number of nitriles is 1. The van der Waals surface area contributed by atoms with Gasteiger partial charge in [0.25, 0.3) is 0 Å². The van der Waals surface area contributed by atoms with E-state index in [0.717, 1.165) is 39.7 Å². The van der Waals surface area contributed by atoms with Gasteiger partial charge < -0.3 is 0 Å². The zero-order valence-corrected chi connectivity index (χ0v) is 19.3. The zero-order valence-electron chi connectivity index (χ0n) is 16.1. The van der Waals surface area contributed by atoms with Gasteiger partial charge >= 0.3 is 0 Å². The molecule has 0 aliphatic carbocycles.